The molecule has 0 aromatic heterocycles. The minimum atomic E-state index is -4.38. The zero-order valence-electron chi connectivity index (χ0n) is 33.0. The van der Waals surface area contributed by atoms with Gasteiger partial charge in [-0.1, -0.05) is 178 Å². The first-order chi connectivity index (χ1) is 25.3. The second-order valence-corrected chi connectivity index (χ2v) is 15.0. The molecule has 0 saturated carbocycles. The Bertz CT molecular complexity index is 996. The van der Waals surface area contributed by atoms with Crippen molar-refractivity contribution in [1.82, 2.24) is 0 Å². The van der Waals surface area contributed by atoms with Crippen LogP contribution in [0, 0.1) is 0 Å². The molecule has 52 heavy (non-hydrogen) atoms. The minimum Gasteiger partial charge on any atom is -0.462 e. The highest BCUT2D eigenvalue weighted by Crippen LogP contribution is 2.43. The fourth-order valence-corrected chi connectivity index (χ4v) is 6.29. The van der Waals surface area contributed by atoms with Gasteiger partial charge < -0.3 is 20.1 Å². The number of carbonyl (C=O) groups excluding carboxylic acids is 2. The monoisotopic (exact) mass is 754 g/mol. The van der Waals surface area contributed by atoms with Crippen LogP contribution >= 0.6 is 7.82 Å². The van der Waals surface area contributed by atoms with Crippen LogP contribution in [-0.4, -0.2) is 49.3 Å². The lowest BCUT2D eigenvalue weighted by Gasteiger charge is -2.19. The number of hydrogen-bond acceptors (Lipinski definition) is 8. The molecule has 2 atom stereocenters. The summed E-state index contributed by atoms with van der Waals surface area (Å²) < 4.78 is 32.7. The quantitative estimate of drug-likeness (QED) is 0.0273. The lowest BCUT2D eigenvalue weighted by molar-refractivity contribution is -0.161. The Morgan fingerprint density at radius 2 is 1.06 bits per heavy atom. The van der Waals surface area contributed by atoms with Crippen LogP contribution in [0.2, 0.25) is 0 Å². The van der Waals surface area contributed by atoms with Crippen molar-refractivity contribution in [2.45, 2.75) is 180 Å². The van der Waals surface area contributed by atoms with Gasteiger partial charge in [-0.15, -0.1) is 0 Å². The summed E-state index contributed by atoms with van der Waals surface area (Å²) in [5.41, 5.74) is 5.33. The molecule has 0 aromatic carbocycles. The van der Waals surface area contributed by atoms with E-state index in [0.29, 0.717) is 6.42 Å². The second kappa shape index (κ2) is 38.7. The van der Waals surface area contributed by atoms with Gasteiger partial charge in [-0.05, 0) is 32.1 Å². The van der Waals surface area contributed by atoms with E-state index in [1.54, 1.807) is 0 Å². The first-order valence-corrected chi connectivity index (χ1v) is 22.2. The maximum absolute atomic E-state index is 12.5. The first-order valence-electron chi connectivity index (χ1n) is 20.7. The van der Waals surface area contributed by atoms with Crippen molar-refractivity contribution >= 4 is 19.8 Å². The summed E-state index contributed by atoms with van der Waals surface area (Å²) in [7, 11) is -4.38. The molecule has 0 aliphatic carbocycles. The maximum atomic E-state index is 12.5. The minimum absolute atomic E-state index is 0.0458. The van der Waals surface area contributed by atoms with Crippen LogP contribution in [0.4, 0.5) is 0 Å². The molecule has 0 fully saturated rings. The Labute approximate surface area is 317 Å². The summed E-state index contributed by atoms with van der Waals surface area (Å²) >= 11 is 0. The van der Waals surface area contributed by atoms with E-state index in [0.717, 1.165) is 44.9 Å². The molecule has 0 heterocycles. The fourth-order valence-electron chi connectivity index (χ4n) is 5.53. The summed E-state index contributed by atoms with van der Waals surface area (Å²) in [4.78, 5) is 34.8. The van der Waals surface area contributed by atoms with Crippen LogP contribution in [0.15, 0.2) is 48.6 Å². The average molecular weight is 754 g/mol. The molecule has 10 heteroatoms. The zero-order valence-corrected chi connectivity index (χ0v) is 33.9. The summed E-state index contributed by atoms with van der Waals surface area (Å²) in [6.45, 7) is 3.54. The van der Waals surface area contributed by atoms with Crippen molar-refractivity contribution in [3.63, 3.8) is 0 Å². The predicted octanol–water partition coefficient (Wildman–Crippen LogP) is 11.6. The van der Waals surface area contributed by atoms with E-state index in [4.69, 9.17) is 24.3 Å². The number of phosphoric ester groups is 1. The smallest absolute Gasteiger partial charge is 0.462 e. The van der Waals surface area contributed by atoms with E-state index in [1.807, 2.05) is 36.5 Å². The van der Waals surface area contributed by atoms with Gasteiger partial charge in [0.15, 0.2) is 6.10 Å². The first kappa shape index (κ1) is 50.0. The highest BCUT2D eigenvalue weighted by atomic mass is 31.2. The average Bonchev–Trinajstić information content (AvgIpc) is 3.13. The van der Waals surface area contributed by atoms with Crippen molar-refractivity contribution in [3.8, 4) is 0 Å². The number of ether oxygens (including phenoxy) is 2. The Morgan fingerprint density at radius 3 is 1.58 bits per heavy atom. The third-order valence-electron chi connectivity index (χ3n) is 8.57. The summed E-state index contributed by atoms with van der Waals surface area (Å²) in [6, 6.07) is 0. The van der Waals surface area contributed by atoms with Gasteiger partial charge in [-0.3, -0.25) is 18.6 Å². The van der Waals surface area contributed by atoms with E-state index >= 15 is 0 Å². The summed E-state index contributed by atoms with van der Waals surface area (Å²) in [5, 5.41) is 0. The van der Waals surface area contributed by atoms with Crippen LogP contribution in [0.5, 0.6) is 0 Å². The van der Waals surface area contributed by atoms with E-state index in [9.17, 15) is 19.0 Å². The van der Waals surface area contributed by atoms with Crippen molar-refractivity contribution in [2.24, 2.45) is 5.73 Å². The number of unbranched alkanes of at least 4 members (excludes halogenated alkanes) is 20. The number of hydrogen-bond donors (Lipinski definition) is 2. The maximum Gasteiger partial charge on any atom is 0.472 e. The molecule has 0 spiro atoms. The van der Waals surface area contributed by atoms with Crippen LogP contribution < -0.4 is 5.73 Å². The van der Waals surface area contributed by atoms with Gasteiger partial charge in [0.2, 0.25) is 0 Å². The standard InChI is InChI=1S/C42H76NO8P/c1-3-5-7-9-11-13-15-17-18-19-20-21-23-24-26-28-30-32-34-41(44)48-38-40(39-50-52(46,47)49-37-36-43)51-42(45)35-33-31-29-27-25-22-16-14-12-10-8-6-4-2/h6,8,10,12,14,16,22,25,40H,3-5,7,9,11,13,15,17-21,23-24,26-39,43H2,1-2H3,(H,46,47)/b8-6+,12-10+,16-14+,25-22+. The molecule has 0 rings (SSSR count). The zero-order chi connectivity index (χ0) is 38.2. The van der Waals surface area contributed by atoms with Crippen LogP contribution in [-0.2, 0) is 32.7 Å². The molecule has 302 valence electrons. The summed E-state index contributed by atoms with van der Waals surface area (Å²) in [6.07, 6.45) is 42.9. The fraction of sp³-hybridized carbons (Fsp3) is 0.762. The molecule has 0 aliphatic heterocycles. The normalized spacial score (nSPS) is 13.8. The second-order valence-electron chi connectivity index (χ2n) is 13.6. The number of nitrogens with two attached hydrogens (primary N) is 1. The van der Waals surface area contributed by atoms with Gasteiger partial charge in [0.05, 0.1) is 13.2 Å². The van der Waals surface area contributed by atoms with Gasteiger partial charge in [0, 0.05) is 19.4 Å². The van der Waals surface area contributed by atoms with Crippen LogP contribution in [0.1, 0.15) is 174 Å². The summed E-state index contributed by atoms with van der Waals surface area (Å²) in [5.74, 6) is -0.873. The van der Waals surface area contributed by atoms with E-state index < -0.39 is 32.5 Å². The van der Waals surface area contributed by atoms with Gasteiger partial charge >= 0.3 is 19.8 Å². The third-order valence-corrected chi connectivity index (χ3v) is 9.56. The Balaban J connectivity index is 4.18. The van der Waals surface area contributed by atoms with Gasteiger partial charge in [0.25, 0.3) is 0 Å². The van der Waals surface area contributed by atoms with E-state index in [2.05, 4.69) is 26.0 Å². The molecule has 0 bridgehead atoms. The molecule has 2 unspecified atom stereocenters. The lowest BCUT2D eigenvalue weighted by atomic mass is 10.0. The van der Waals surface area contributed by atoms with Gasteiger partial charge in [-0.25, -0.2) is 4.57 Å². The Kier molecular flexibility index (Phi) is 37.2. The molecule has 0 saturated heterocycles. The van der Waals surface area contributed by atoms with Crippen molar-refractivity contribution < 1.29 is 37.6 Å². The van der Waals surface area contributed by atoms with Crippen LogP contribution in [0.25, 0.3) is 0 Å². The van der Waals surface area contributed by atoms with Crippen LogP contribution in [0.3, 0.4) is 0 Å². The number of carbonyl (C=O) groups is 2. The van der Waals surface area contributed by atoms with Crippen molar-refractivity contribution in [1.29, 1.82) is 0 Å². The Morgan fingerprint density at radius 1 is 0.596 bits per heavy atom. The van der Waals surface area contributed by atoms with Gasteiger partial charge in [-0.2, -0.15) is 0 Å². The highest BCUT2D eigenvalue weighted by Gasteiger charge is 2.25. The number of rotatable bonds is 38. The van der Waals surface area contributed by atoms with Gasteiger partial charge in [0.1, 0.15) is 6.61 Å². The molecular formula is C42H76NO8P. The molecule has 9 nitrogen and oxygen atoms in total. The molecule has 3 N–H and O–H groups in total. The van der Waals surface area contributed by atoms with E-state index in [-0.39, 0.29) is 32.6 Å². The number of esters is 2. The predicted molar refractivity (Wildman–Crippen MR) is 215 cm³/mol. The Hall–Kier alpha value is -2.03. The van der Waals surface area contributed by atoms with Crippen molar-refractivity contribution in [3.05, 3.63) is 48.6 Å². The molecule has 0 radical (unpaired) electrons. The SMILES string of the molecule is CC/C=C/C=C/C=C/C=C/CCCCCC(=O)OC(COC(=O)CCCCCCCCCCCCCCCCCCCC)COP(=O)(O)OCCN. The third kappa shape index (κ3) is 37.7. The topological polar surface area (TPSA) is 134 Å². The van der Waals surface area contributed by atoms with Crippen molar-refractivity contribution in [2.75, 3.05) is 26.4 Å². The highest BCUT2D eigenvalue weighted by molar-refractivity contribution is 7.47. The molecule has 0 amide bonds. The molecule has 0 aromatic rings. The number of phosphoric acid groups is 1. The molecule has 0 aliphatic rings. The largest absolute Gasteiger partial charge is 0.472 e. The van der Waals surface area contributed by atoms with E-state index in [1.165, 1.54) is 96.3 Å². The lowest BCUT2D eigenvalue weighted by Crippen LogP contribution is -2.29. The number of allylic oxidation sites excluding steroid dienone is 8. The molecular weight excluding hydrogens is 677 g/mol.